The summed E-state index contributed by atoms with van der Waals surface area (Å²) in [6.07, 6.45) is 0.788. The van der Waals surface area contributed by atoms with E-state index in [0.717, 1.165) is 29.3 Å². The van der Waals surface area contributed by atoms with Gasteiger partial charge in [-0.2, -0.15) is 0 Å². The lowest BCUT2D eigenvalue weighted by Gasteiger charge is -2.05. The second-order valence-corrected chi connectivity index (χ2v) is 5.92. The van der Waals surface area contributed by atoms with Crippen molar-refractivity contribution in [1.82, 2.24) is 14.9 Å². The molecule has 0 aliphatic rings. The third-order valence-electron chi connectivity index (χ3n) is 3.60. The fourth-order valence-corrected chi connectivity index (χ4v) is 2.93. The number of carbonyl (C=O) groups excluding carboxylic acids is 1. The number of nitrogens with one attached hydrogen (secondary N) is 1. The summed E-state index contributed by atoms with van der Waals surface area (Å²) in [7, 11) is 1.62. The molecule has 2 aromatic carbocycles. The number of aromatic nitrogens is 2. The van der Waals surface area contributed by atoms with Crippen LogP contribution in [-0.4, -0.2) is 29.1 Å². The van der Waals surface area contributed by atoms with E-state index < -0.39 is 0 Å². The van der Waals surface area contributed by atoms with Crippen LogP contribution in [0.15, 0.2) is 54.6 Å². The fraction of sp³-hybridized carbons (Fsp3) is 0.167. The third-order valence-corrected chi connectivity index (χ3v) is 4.32. The topological polar surface area (TPSA) is 64.1 Å². The van der Waals surface area contributed by atoms with E-state index in [-0.39, 0.29) is 5.91 Å². The molecule has 0 radical (unpaired) electrons. The van der Waals surface area contributed by atoms with Crippen molar-refractivity contribution in [1.29, 1.82) is 0 Å². The normalized spacial score (nSPS) is 10.4. The minimum atomic E-state index is -0.147. The predicted molar refractivity (Wildman–Crippen MR) is 94.4 cm³/mol. The van der Waals surface area contributed by atoms with Crippen molar-refractivity contribution in [2.45, 2.75) is 6.42 Å². The maximum absolute atomic E-state index is 12.4. The molecule has 3 rings (SSSR count). The Balaban J connectivity index is 1.66. The zero-order valence-corrected chi connectivity index (χ0v) is 14.0. The number of rotatable bonds is 6. The Morgan fingerprint density at radius 2 is 1.88 bits per heavy atom. The maximum atomic E-state index is 12.4. The summed E-state index contributed by atoms with van der Waals surface area (Å²) in [6, 6.07) is 17.5. The van der Waals surface area contributed by atoms with Gasteiger partial charge in [-0.3, -0.25) is 4.79 Å². The van der Waals surface area contributed by atoms with Crippen molar-refractivity contribution in [3.05, 3.63) is 65.0 Å². The van der Waals surface area contributed by atoms with Gasteiger partial charge in [0.15, 0.2) is 0 Å². The summed E-state index contributed by atoms with van der Waals surface area (Å²) in [5.41, 5.74) is 2.63. The van der Waals surface area contributed by atoms with Gasteiger partial charge in [-0.05, 0) is 47.8 Å². The van der Waals surface area contributed by atoms with Crippen LogP contribution >= 0.6 is 11.5 Å². The minimum absolute atomic E-state index is 0.147. The van der Waals surface area contributed by atoms with E-state index >= 15 is 0 Å². The van der Waals surface area contributed by atoms with E-state index in [1.54, 1.807) is 7.11 Å². The molecule has 0 saturated heterocycles. The molecule has 0 aliphatic carbocycles. The van der Waals surface area contributed by atoms with Gasteiger partial charge in [0.25, 0.3) is 5.91 Å². The summed E-state index contributed by atoms with van der Waals surface area (Å²) in [6.45, 7) is 0.572. The van der Waals surface area contributed by atoms with Gasteiger partial charge < -0.3 is 10.1 Å². The first-order chi connectivity index (χ1) is 11.8. The molecular formula is C18H17N3O2S. The number of benzene rings is 2. The maximum Gasteiger partial charge on any atom is 0.265 e. The van der Waals surface area contributed by atoms with Gasteiger partial charge in [0.1, 0.15) is 16.3 Å². The molecule has 5 nitrogen and oxygen atoms in total. The lowest BCUT2D eigenvalue weighted by Crippen LogP contribution is -2.25. The molecule has 0 aliphatic heterocycles. The SMILES string of the molecule is COc1ccc(-c2nnsc2C(=O)NCCc2ccccc2)cc1. The van der Waals surface area contributed by atoms with Crippen molar-refractivity contribution in [3.8, 4) is 17.0 Å². The van der Waals surface area contributed by atoms with E-state index in [4.69, 9.17) is 4.74 Å². The number of hydrogen-bond donors (Lipinski definition) is 1. The molecule has 1 aromatic heterocycles. The Hall–Kier alpha value is -2.73. The number of amides is 1. The Kier molecular flexibility index (Phi) is 5.18. The molecule has 3 aromatic rings. The highest BCUT2D eigenvalue weighted by molar-refractivity contribution is 7.08. The molecule has 0 atom stereocenters. The van der Waals surface area contributed by atoms with E-state index in [9.17, 15) is 4.79 Å². The van der Waals surface area contributed by atoms with Gasteiger partial charge in [0, 0.05) is 12.1 Å². The Bertz CT molecular complexity index is 801. The van der Waals surface area contributed by atoms with Crippen LogP contribution in [0.2, 0.25) is 0 Å². The summed E-state index contributed by atoms with van der Waals surface area (Å²) >= 11 is 1.10. The molecule has 122 valence electrons. The van der Waals surface area contributed by atoms with Crippen LogP contribution in [0, 0.1) is 0 Å². The van der Waals surface area contributed by atoms with E-state index in [1.165, 1.54) is 5.56 Å². The molecular weight excluding hydrogens is 322 g/mol. The summed E-state index contributed by atoms with van der Waals surface area (Å²) < 4.78 is 9.07. The lowest BCUT2D eigenvalue weighted by atomic mass is 10.1. The number of carbonyl (C=O) groups is 1. The van der Waals surface area contributed by atoms with Crippen molar-refractivity contribution in [2.24, 2.45) is 0 Å². The number of ether oxygens (including phenoxy) is 1. The van der Waals surface area contributed by atoms with Crippen molar-refractivity contribution >= 4 is 17.4 Å². The average Bonchev–Trinajstić information content (AvgIpc) is 3.12. The van der Waals surface area contributed by atoms with E-state index in [0.29, 0.717) is 17.1 Å². The largest absolute Gasteiger partial charge is 0.497 e. The van der Waals surface area contributed by atoms with Crippen LogP contribution in [0.25, 0.3) is 11.3 Å². The van der Waals surface area contributed by atoms with Crippen LogP contribution in [-0.2, 0) is 6.42 Å². The fourth-order valence-electron chi connectivity index (χ4n) is 2.32. The zero-order valence-electron chi connectivity index (χ0n) is 13.2. The highest BCUT2D eigenvalue weighted by atomic mass is 32.1. The van der Waals surface area contributed by atoms with Crippen LogP contribution in [0.3, 0.4) is 0 Å². The Morgan fingerprint density at radius 3 is 2.58 bits per heavy atom. The predicted octanol–water partition coefficient (Wildman–Crippen LogP) is 3.19. The first-order valence-electron chi connectivity index (χ1n) is 7.57. The monoisotopic (exact) mass is 339 g/mol. The highest BCUT2D eigenvalue weighted by Gasteiger charge is 2.17. The summed E-state index contributed by atoms with van der Waals surface area (Å²) in [5, 5.41) is 7.03. The lowest BCUT2D eigenvalue weighted by molar-refractivity contribution is 0.0958. The Morgan fingerprint density at radius 1 is 1.12 bits per heavy atom. The van der Waals surface area contributed by atoms with Gasteiger partial charge in [-0.1, -0.05) is 34.8 Å². The number of nitrogens with zero attached hydrogens (tertiary/aromatic N) is 2. The second kappa shape index (κ2) is 7.70. The van der Waals surface area contributed by atoms with Gasteiger partial charge >= 0.3 is 0 Å². The average molecular weight is 339 g/mol. The molecule has 0 bridgehead atoms. The first-order valence-corrected chi connectivity index (χ1v) is 8.34. The molecule has 0 spiro atoms. The van der Waals surface area contributed by atoms with Crippen LogP contribution in [0.5, 0.6) is 5.75 Å². The van der Waals surface area contributed by atoms with Gasteiger partial charge in [-0.15, -0.1) is 5.10 Å². The summed E-state index contributed by atoms with van der Waals surface area (Å²) in [5.74, 6) is 0.613. The summed E-state index contributed by atoms with van der Waals surface area (Å²) in [4.78, 5) is 12.9. The van der Waals surface area contributed by atoms with Crippen molar-refractivity contribution in [3.63, 3.8) is 0 Å². The molecule has 1 N–H and O–H groups in total. The van der Waals surface area contributed by atoms with Gasteiger partial charge in [0.05, 0.1) is 7.11 Å². The van der Waals surface area contributed by atoms with Crippen molar-refractivity contribution in [2.75, 3.05) is 13.7 Å². The van der Waals surface area contributed by atoms with E-state index in [2.05, 4.69) is 14.9 Å². The molecule has 24 heavy (non-hydrogen) atoms. The quantitative estimate of drug-likeness (QED) is 0.749. The van der Waals surface area contributed by atoms with Gasteiger partial charge in [0.2, 0.25) is 0 Å². The first kappa shape index (κ1) is 16.1. The molecule has 1 amide bonds. The van der Waals surface area contributed by atoms with Crippen LogP contribution < -0.4 is 10.1 Å². The molecule has 0 unspecified atom stereocenters. The Labute approximate surface area is 144 Å². The van der Waals surface area contributed by atoms with Crippen molar-refractivity contribution < 1.29 is 9.53 Å². The standard InChI is InChI=1S/C18H17N3O2S/c1-23-15-9-7-14(8-10-15)16-17(24-21-20-16)18(22)19-12-11-13-5-3-2-4-6-13/h2-10H,11-12H2,1H3,(H,19,22). The minimum Gasteiger partial charge on any atom is -0.497 e. The van der Waals surface area contributed by atoms with E-state index in [1.807, 2.05) is 54.6 Å². The van der Waals surface area contributed by atoms with Gasteiger partial charge in [-0.25, -0.2) is 0 Å². The number of methoxy groups -OCH3 is 1. The molecule has 0 saturated carbocycles. The highest BCUT2D eigenvalue weighted by Crippen LogP contribution is 2.25. The zero-order chi connectivity index (χ0) is 16.8. The van der Waals surface area contributed by atoms with Crippen LogP contribution in [0.4, 0.5) is 0 Å². The molecule has 0 fully saturated rings. The molecule has 1 heterocycles. The number of hydrogen-bond acceptors (Lipinski definition) is 5. The smallest absolute Gasteiger partial charge is 0.265 e. The van der Waals surface area contributed by atoms with Crippen LogP contribution in [0.1, 0.15) is 15.2 Å². The molecule has 6 heteroatoms. The third kappa shape index (κ3) is 3.78. The second-order valence-electron chi connectivity index (χ2n) is 5.17.